The van der Waals surface area contributed by atoms with Gasteiger partial charge < -0.3 is 0 Å². The quantitative estimate of drug-likeness (QED) is 0.797. The molecule has 2 aromatic carbocycles. The molecule has 0 aliphatic carbocycles. The zero-order chi connectivity index (χ0) is 17.5. The van der Waals surface area contributed by atoms with E-state index in [2.05, 4.69) is 26.5 Å². The van der Waals surface area contributed by atoms with Crippen molar-refractivity contribution in [2.45, 2.75) is 32.0 Å². The minimum absolute atomic E-state index is 0.0502. The van der Waals surface area contributed by atoms with Crippen molar-refractivity contribution >= 4 is 10.2 Å². The molecule has 0 aromatic heterocycles. The molecule has 5 nitrogen and oxygen atoms in total. The fraction of sp³-hybridized carbons (Fsp3) is 0.368. The maximum atomic E-state index is 12.3. The van der Waals surface area contributed by atoms with Crippen molar-refractivity contribution in [2.24, 2.45) is 0 Å². The number of hydrogen-bond acceptors (Lipinski definition) is 3. The van der Waals surface area contributed by atoms with Crippen LogP contribution in [0.15, 0.2) is 60.7 Å². The lowest BCUT2D eigenvalue weighted by molar-refractivity contribution is 0.194. The summed E-state index contributed by atoms with van der Waals surface area (Å²) >= 11 is 0. The summed E-state index contributed by atoms with van der Waals surface area (Å²) < 4.78 is 30.0. The molecule has 0 radical (unpaired) electrons. The fourth-order valence-corrected chi connectivity index (χ4v) is 4.24. The molecule has 1 heterocycles. The predicted octanol–water partition coefficient (Wildman–Crippen LogP) is 2.28. The van der Waals surface area contributed by atoms with Gasteiger partial charge in [-0.2, -0.15) is 17.9 Å². The first kappa shape index (κ1) is 18.1. The number of nitrogens with one attached hydrogen (secondary N) is 2. The highest BCUT2D eigenvalue weighted by molar-refractivity contribution is 7.87. The average Bonchev–Trinajstić information content (AvgIpc) is 2.62. The number of rotatable bonds is 7. The van der Waals surface area contributed by atoms with Crippen LogP contribution in [0, 0.1) is 0 Å². The van der Waals surface area contributed by atoms with Crippen LogP contribution in [-0.4, -0.2) is 32.4 Å². The van der Waals surface area contributed by atoms with E-state index in [4.69, 9.17) is 0 Å². The minimum Gasteiger partial charge on any atom is -0.298 e. The molecule has 1 fully saturated rings. The van der Waals surface area contributed by atoms with Crippen molar-refractivity contribution in [1.29, 1.82) is 0 Å². The first-order chi connectivity index (χ1) is 12.1. The monoisotopic (exact) mass is 359 g/mol. The molecule has 1 saturated heterocycles. The molecule has 2 N–H and O–H groups in total. The zero-order valence-electron chi connectivity index (χ0n) is 14.3. The van der Waals surface area contributed by atoms with Crippen LogP contribution in [0.5, 0.6) is 0 Å². The first-order valence-electron chi connectivity index (χ1n) is 8.68. The van der Waals surface area contributed by atoms with Crippen molar-refractivity contribution in [1.82, 2.24) is 14.3 Å². The van der Waals surface area contributed by atoms with Gasteiger partial charge in [-0.05, 0) is 30.5 Å². The number of piperidine rings is 1. The third-order valence-corrected chi connectivity index (χ3v) is 5.55. The number of hydrogen-bond donors (Lipinski definition) is 2. The van der Waals surface area contributed by atoms with Crippen LogP contribution in [0.2, 0.25) is 0 Å². The normalized spacial score (nSPS) is 19.0. The van der Waals surface area contributed by atoms with E-state index in [1.54, 1.807) is 0 Å². The Balaban J connectivity index is 1.51. The van der Waals surface area contributed by atoms with Crippen LogP contribution in [0.3, 0.4) is 0 Å². The number of likely N-dealkylation sites (tertiary alicyclic amines) is 1. The van der Waals surface area contributed by atoms with E-state index in [1.165, 1.54) is 5.56 Å². The summed E-state index contributed by atoms with van der Waals surface area (Å²) in [4.78, 5) is 2.31. The summed E-state index contributed by atoms with van der Waals surface area (Å²) in [5, 5.41) is 0. The Kier molecular flexibility index (Phi) is 6.20. The van der Waals surface area contributed by atoms with Crippen molar-refractivity contribution in [3.63, 3.8) is 0 Å². The van der Waals surface area contributed by atoms with E-state index in [1.807, 2.05) is 48.5 Å². The van der Waals surface area contributed by atoms with Crippen LogP contribution in [-0.2, 0) is 23.3 Å². The highest BCUT2D eigenvalue weighted by Crippen LogP contribution is 2.14. The Labute approximate surface area is 150 Å². The Morgan fingerprint density at radius 3 is 2.28 bits per heavy atom. The largest absolute Gasteiger partial charge is 0.298 e. The van der Waals surface area contributed by atoms with E-state index in [-0.39, 0.29) is 6.04 Å². The molecule has 134 valence electrons. The van der Waals surface area contributed by atoms with Gasteiger partial charge in [0.25, 0.3) is 10.2 Å². The molecule has 0 saturated carbocycles. The van der Waals surface area contributed by atoms with Gasteiger partial charge in [-0.1, -0.05) is 60.7 Å². The first-order valence-corrected chi connectivity index (χ1v) is 10.2. The van der Waals surface area contributed by atoms with Gasteiger partial charge in [0, 0.05) is 25.7 Å². The van der Waals surface area contributed by atoms with Gasteiger partial charge in [0.05, 0.1) is 0 Å². The van der Waals surface area contributed by atoms with E-state index in [0.29, 0.717) is 6.54 Å². The third kappa shape index (κ3) is 5.93. The van der Waals surface area contributed by atoms with Crippen LogP contribution < -0.4 is 9.44 Å². The van der Waals surface area contributed by atoms with Gasteiger partial charge in [-0.3, -0.25) is 4.90 Å². The molecule has 0 amide bonds. The average molecular weight is 359 g/mol. The van der Waals surface area contributed by atoms with Gasteiger partial charge in [0.2, 0.25) is 0 Å². The number of nitrogens with zero attached hydrogens (tertiary/aromatic N) is 1. The lowest BCUT2D eigenvalue weighted by Crippen LogP contribution is -2.50. The molecular formula is C19H25N3O2S. The Morgan fingerprint density at radius 1 is 0.960 bits per heavy atom. The van der Waals surface area contributed by atoms with Crippen molar-refractivity contribution in [2.75, 3.05) is 13.1 Å². The highest BCUT2D eigenvalue weighted by Gasteiger charge is 2.24. The summed E-state index contributed by atoms with van der Waals surface area (Å²) in [6.07, 6.45) is 1.87. The topological polar surface area (TPSA) is 61.4 Å². The van der Waals surface area contributed by atoms with Gasteiger partial charge in [0.15, 0.2) is 0 Å². The molecule has 0 unspecified atom stereocenters. The second-order valence-electron chi connectivity index (χ2n) is 6.49. The molecular weight excluding hydrogens is 334 g/mol. The smallest absolute Gasteiger partial charge is 0.277 e. The minimum atomic E-state index is -3.50. The van der Waals surface area contributed by atoms with Crippen LogP contribution in [0.4, 0.5) is 0 Å². The van der Waals surface area contributed by atoms with Crippen molar-refractivity contribution in [3.8, 4) is 0 Å². The number of benzene rings is 2. The van der Waals surface area contributed by atoms with E-state index < -0.39 is 10.2 Å². The van der Waals surface area contributed by atoms with Gasteiger partial charge >= 0.3 is 0 Å². The van der Waals surface area contributed by atoms with Gasteiger partial charge in [-0.25, -0.2) is 0 Å². The summed E-state index contributed by atoms with van der Waals surface area (Å²) in [6.45, 7) is 2.90. The Bertz CT molecular complexity index is 751. The van der Waals surface area contributed by atoms with Gasteiger partial charge in [0.1, 0.15) is 0 Å². The summed E-state index contributed by atoms with van der Waals surface area (Å²) in [6, 6.07) is 19.8. The van der Waals surface area contributed by atoms with E-state index >= 15 is 0 Å². The highest BCUT2D eigenvalue weighted by atomic mass is 32.2. The lowest BCUT2D eigenvalue weighted by Gasteiger charge is -2.33. The maximum absolute atomic E-state index is 12.3. The summed E-state index contributed by atoms with van der Waals surface area (Å²) in [5.74, 6) is 0. The summed E-state index contributed by atoms with van der Waals surface area (Å²) in [7, 11) is -3.50. The molecule has 1 atom stereocenters. The molecule has 1 aliphatic rings. The second kappa shape index (κ2) is 8.58. The maximum Gasteiger partial charge on any atom is 0.277 e. The molecule has 2 aromatic rings. The molecule has 25 heavy (non-hydrogen) atoms. The van der Waals surface area contributed by atoms with Crippen LogP contribution in [0.25, 0.3) is 0 Å². The Hall–Kier alpha value is -1.73. The molecule has 6 heteroatoms. The van der Waals surface area contributed by atoms with Gasteiger partial charge in [-0.15, -0.1) is 0 Å². The second-order valence-corrected chi connectivity index (χ2v) is 8.02. The predicted molar refractivity (Wildman–Crippen MR) is 100 cm³/mol. The lowest BCUT2D eigenvalue weighted by atomic mass is 10.1. The third-order valence-electron chi connectivity index (χ3n) is 4.39. The fourth-order valence-electron chi connectivity index (χ4n) is 3.17. The standard InChI is InChI=1S/C19H25N3O2S/c23-25(24,20-14-17-8-3-1-4-9-17)21-19-12-7-13-22(16-19)15-18-10-5-2-6-11-18/h1-6,8-11,19-21H,7,12-16H2/t19-/m0/s1. The molecule has 1 aliphatic heterocycles. The van der Waals surface area contributed by atoms with Crippen LogP contribution in [0.1, 0.15) is 24.0 Å². The SMILES string of the molecule is O=S(=O)(NCc1ccccc1)N[C@H]1CCCN(Cc2ccccc2)C1. The van der Waals surface area contributed by atoms with E-state index in [0.717, 1.165) is 38.0 Å². The molecule has 3 rings (SSSR count). The molecule has 0 spiro atoms. The van der Waals surface area contributed by atoms with Crippen molar-refractivity contribution in [3.05, 3.63) is 71.8 Å². The summed E-state index contributed by atoms with van der Waals surface area (Å²) in [5.41, 5.74) is 2.20. The van der Waals surface area contributed by atoms with Crippen LogP contribution >= 0.6 is 0 Å². The molecule has 0 bridgehead atoms. The van der Waals surface area contributed by atoms with Crippen molar-refractivity contribution < 1.29 is 8.42 Å². The van der Waals surface area contributed by atoms with E-state index in [9.17, 15) is 8.42 Å². The zero-order valence-corrected chi connectivity index (χ0v) is 15.1. The Morgan fingerprint density at radius 2 is 1.60 bits per heavy atom.